The topological polar surface area (TPSA) is 60.9 Å². The van der Waals surface area contributed by atoms with Gasteiger partial charge in [0, 0.05) is 28.7 Å². The Morgan fingerprint density at radius 1 is 1.11 bits per heavy atom. The Morgan fingerprint density at radius 3 is 2.81 bits per heavy atom. The first-order valence-electron chi connectivity index (χ1n) is 9.95. The molecular weight excluding hydrogens is 356 g/mol. The number of rotatable bonds is 4. The van der Waals surface area contributed by atoms with Crippen LogP contribution in [0.25, 0.3) is 10.9 Å². The van der Waals surface area contributed by atoms with E-state index in [4.69, 9.17) is 0 Å². The van der Waals surface area contributed by atoms with Crippen molar-refractivity contribution in [2.75, 3.05) is 24.6 Å². The predicted molar refractivity (Wildman–Crippen MR) is 107 cm³/mol. The fourth-order valence-electron chi connectivity index (χ4n) is 4.56. The highest BCUT2D eigenvalue weighted by Crippen LogP contribution is 2.31. The van der Waals surface area contributed by atoms with Crippen LogP contribution in [-0.2, 0) is 0 Å². The second-order valence-corrected chi connectivity index (χ2v) is 8.80. The molecule has 3 aromatic rings. The van der Waals surface area contributed by atoms with Gasteiger partial charge in [0.05, 0.1) is 24.6 Å². The van der Waals surface area contributed by atoms with Gasteiger partial charge in [-0.15, -0.1) is 5.10 Å². The zero-order valence-corrected chi connectivity index (χ0v) is 16.2. The van der Waals surface area contributed by atoms with Gasteiger partial charge in [0.1, 0.15) is 0 Å². The fraction of sp³-hybridized carbons (Fsp3) is 0.500. The van der Waals surface area contributed by atoms with Gasteiger partial charge in [0.15, 0.2) is 6.04 Å². The second-order valence-electron chi connectivity index (χ2n) is 7.58. The minimum Gasteiger partial charge on any atom is -0.321 e. The molecule has 2 aromatic heterocycles. The van der Waals surface area contributed by atoms with E-state index in [9.17, 15) is 0 Å². The van der Waals surface area contributed by atoms with Gasteiger partial charge in [0.25, 0.3) is 0 Å². The summed E-state index contributed by atoms with van der Waals surface area (Å²) in [5.41, 5.74) is 2.34. The first kappa shape index (κ1) is 17.1. The number of nitrogens with one attached hydrogen (secondary N) is 1. The van der Waals surface area contributed by atoms with Gasteiger partial charge >= 0.3 is 0 Å². The Balaban J connectivity index is 1.59. The standard InChI is InChI=1S/C20H24N6S/c1-2-6-17(5-1)26-20(22-23-24-26)19(25-10-12-27-13-11-25)16-7-8-18-15(14-16)4-3-9-21-18/h3-4,7-9,14,17,19H,1-2,5-6,10-13H2/p+1/t19-/m0/s1. The summed E-state index contributed by atoms with van der Waals surface area (Å²) in [5.74, 6) is 3.44. The van der Waals surface area contributed by atoms with E-state index >= 15 is 0 Å². The summed E-state index contributed by atoms with van der Waals surface area (Å²) in [5, 5.41) is 14.3. The molecule has 3 heterocycles. The van der Waals surface area contributed by atoms with E-state index in [1.165, 1.54) is 48.1 Å². The SMILES string of the molecule is c1cnc2ccc([C@@H](c3nnnn3C3CCCC3)[NH+]3CCSCC3)cc2c1. The van der Waals surface area contributed by atoms with Crippen molar-refractivity contribution < 1.29 is 4.90 Å². The van der Waals surface area contributed by atoms with Crippen molar-refractivity contribution in [2.45, 2.75) is 37.8 Å². The third kappa shape index (κ3) is 3.34. The highest BCUT2D eigenvalue weighted by Gasteiger charge is 2.35. The number of nitrogens with zero attached hydrogens (tertiary/aromatic N) is 5. The quantitative estimate of drug-likeness (QED) is 0.750. The monoisotopic (exact) mass is 381 g/mol. The van der Waals surface area contributed by atoms with Crippen LogP contribution < -0.4 is 4.90 Å². The lowest BCUT2D eigenvalue weighted by atomic mass is 10.0. The molecule has 1 N–H and O–H groups in total. The van der Waals surface area contributed by atoms with E-state index in [0.29, 0.717) is 6.04 Å². The van der Waals surface area contributed by atoms with Crippen LogP contribution in [0.5, 0.6) is 0 Å². The first-order chi connectivity index (χ1) is 13.4. The number of benzene rings is 1. The van der Waals surface area contributed by atoms with Crippen molar-refractivity contribution in [3.05, 3.63) is 47.9 Å². The lowest BCUT2D eigenvalue weighted by molar-refractivity contribution is -0.922. The molecule has 0 unspecified atom stereocenters. The number of hydrogen-bond acceptors (Lipinski definition) is 5. The van der Waals surface area contributed by atoms with Gasteiger partial charge in [-0.25, -0.2) is 4.68 Å². The minimum atomic E-state index is 0.186. The van der Waals surface area contributed by atoms with Gasteiger partial charge in [-0.2, -0.15) is 11.8 Å². The van der Waals surface area contributed by atoms with Crippen molar-refractivity contribution in [1.29, 1.82) is 0 Å². The number of hydrogen-bond donors (Lipinski definition) is 1. The summed E-state index contributed by atoms with van der Waals surface area (Å²) in [6.07, 6.45) is 6.80. The molecule has 1 aliphatic heterocycles. The smallest absolute Gasteiger partial charge is 0.214 e. The molecule has 7 heteroatoms. The summed E-state index contributed by atoms with van der Waals surface area (Å²) < 4.78 is 2.14. The molecule has 2 aliphatic rings. The molecule has 0 radical (unpaired) electrons. The van der Waals surface area contributed by atoms with Crippen LogP contribution in [0.3, 0.4) is 0 Å². The maximum Gasteiger partial charge on any atom is 0.214 e. The molecule has 0 spiro atoms. The van der Waals surface area contributed by atoms with Gasteiger partial charge in [0.2, 0.25) is 5.82 Å². The van der Waals surface area contributed by atoms with Crippen molar-refractivity contribution in [3.8, 4) is 0 Å². The second kappa shape index (κ2) is 7.56. The summed E-state index contributed by atoms with van der Waals surface area (Å²) in [7, 11) is 0. The van der Waals surface area contributed by atoms with Gasteiger partial charge in [-0.05, 0) is 41.5 Å². The third-order valence-corrected chi connectivity index (χ3v) is 6.94. The third-order valence-electron chi connectivity index (χ3n) is 5.95. The molecule has 1 saturated heterocycles. The minimum absolute atomic E-state index is 0.186. The van der Waals surface area contributed by atoms with Crippen LogP contribution >= 0.6 is 11.8 Å². The molecule has 5 rings (SSSR count). The Hall–Kier alpha value is -1.99. The van der Waals surface area contributed by atoms with Crippen LogP contribution in [-0.4, -0.2) is 49.8 Å². The van der Waals surface area contributed by atoms with E-state index in [-0.39, 0.29) is 6.04 Å². The predicted octanol–water partition coefficient (Wildman–Crippen LogP) is 2.06. The van der Waals surface area contributed by atoms with Crippen LogP contribution in [0.4, 0.5) is 0 Å². The van der Waals surface area contributed by atoms with Crippen molar-refractivity contribution in [1.82, 2.24) is 25.2 Å². The normalized spacial score (nSPS) is 20.3. The van der Waals surface area contributed by atoms with Crippen molar-refractivity contribution in [2.24, 2.45) is 0 Å². The lowest BCUT2D eigenvalue weighted by Crippen LogP contribution is -3.14. The van der Waals surface area contributed by atoms with Gasteiger partial charge in [-0.1, -0.05) is 25.0 Å². The number of aromatic nitrogens is 5. The molecule has 0 amide bonds. The van der Waals surface area contributed by atoms with Gasteiger partial charge < -0.3 is 4.90 Å². The summed E-state index contributed by atoms with van der Waals surface area (Å²) in [4.78, 5) is 6.06. The molecule has 1 aliphatic carbocycles. The van der Waals surface area contributed by atoms with Crippen LogP contribution in [0.1, 0.15) is 49.2 Å². The van der Waals surface area contributed by atoms with Gasteiger partial charge in [-0.3, -0.25) is 4.98 Å². The molecule has 140 valence electrons. The van der Waals surface area contributed by atoms with Crippen LogP contribution in [0.15, 0.2) is 36.5 Å². The number of tetrazole rings is 1. The zero-order valence-electron chi connectivity index (χ0n) is 15.4. The number of quaternary nitrogens is 1. The molecular formula is C20H25N6S+. The number of fused-ring (bicyclic) bond motifs is 1. The largest absolute Gasteiger partial charge is 0.321 e. The highest BCUT2D eigenvalue weighted by atomic mass is 32.2. The highest BCUT2D eigenvalue weighted by molar-refractivity contribution is 7.99. The average molecular weight is 382 g/mol. The van der Waals surface area contributed by atoms with Crippen LogP contribution in [0, 0.1) is 0 Å². The Kier molecular flexibility index (Phi) is 4.80. The summed E-state index contributed by atoms with van der Waals surface area (Å²) in [6.45, 7) is 2.30. The van der Waals surface area contributed by atoms with E-state index in [0.717, 1.165) is 24.4 Å². The molecule has 1 saturated carbocycles. The van der Waals surface area contributed by atoms with Crippen molar-refractivity contribution in [3.63, 3.8) is 0 Å². The molecule has 1 aromatic carbocycles. The van der Waals surface area contributed by atoms with Crippen LogP contribution in [0.2, 0.25) is 0 Å². The Bertz CT molecular complexity index is 913. The van der Waals surface area contributed by atoms with Crippen molar-refractivity contribution >= 4 is 22.7 Å². The maximum atomic E-state index is 4.55. The maximum absolute atomic E-state index is 4.55. The first-order valence-corrected chi connectivity index (χ1v) is 11.1. The molecule has 1 atom stereocenters. The number of thioether (sulfide) groups is 1. The lowest BCUT2D eigenvalue weighted by Gasteiger charge is -2.31. The molecule has 2 fully saturated rings. The molecule has 0 bridgehead atoms. The van der Waals surface area contributed by atoms with E-state index in [1.54, 1.807) is 4.90 Å². The van der Waals surface area contributed by atoms with E-state index in [1.807, 2.05) is 12.3 Å². The molecule has 27 heavy (non-hydrogen) atoms. The van der Waals surface area contributed by atoms with E-state index in [2.05, 4.69) is 61.2 Å². The zero-order chi connectivity index (χ0) is 18.1. The summed E-state index contributed by atoms with van der Waals surface area (Å²) in [6, 6.07) is 11.4. The molecule has 6 nitrogen and oxygen atoms in total. The summed E-state index contributed by atoms with van der Waals surface area (Å²) >= 11 is 2.05. The van der Waals surface area contributed by atoms with E-state index < -0.39 is 0 Å². The number of pyridine rings is 1. The average Bonchev–Trinajstić information content (AvgIpc) is 3.41. The Labute approximate surface area is 163 Å². The fourth-order valence-corrected chi connectivity index (χ4v) is 5.58. The Morgan fingerprint density at radius 2 is 1.96 bits per heavy atom.